The molecule has 0 saturated carbocycles. The van der Waals surface area contributed by atoms with Crippen molar-refractivity contribution in [3.63, 3.8) is 0 Å². The van der Waals surface area contributed by atoms with Crippen molar-refractivity contribution in [2.75, 3.05) is 14.2 Å². The Kier molecular flexibility index (Phi) is 5.71. The first-order valence-corrected chi connectivity index (χ1v) is 8.17. The summed E-state index contributed by atoms with van der Waals surface area (Å²) in [5, 5.41) is 3.86. The number of halogens is 1. The number of carbonyl (C=O) groups excluding carboxylic acids is 1. The number of aromatic nitrogens is 1. The van der Waals surface area contributed by atoms with E-state index >= 15 is 0 Å². The molecule has 7 heteroatoms. The van der Waals surface area contributed by atoms with Gasteiger partial charge >= 0.3 is 5.97 Å². The molecule has 0 amide bonds. The molecule has 0 aliphatic rings. The highest BCUT2D eigenvalue weighted by atomic mass is 19.1. The lowest BCUT2D eigenvalue weighted by Crippen LogP contribution is -2.08. The second-order valence-corrected chi connectivity index (χ2v) is 5.72. The van der Waals surface area contributed by atoms with Crippen molar-refractivity contribution in [2.24, 2.45) is 0 Å². The number of carbonyl (C=O) groups is 1. The van der Waals surface area contributed by atoms with Crippen molar-refractivity contribution in [1.82, 2.24) is 5.16 Å². The van der Waals surface area contributed by atoms with Crippen LogP contribution in [0.5, 0.6) is 11.5 Å². The molecule has 3 aromatic rings. The fraction of sp³-hybridized carbons (Fsp3) is 0.200. The van der Waals surface area contributed by atoms with Crippen LogP contribution < -0.4 is 9.47 Å². The minimum absolute atomic E-state index is 0.0170. The van der Waals surface area contributed by atoms with E-state index in [4.69, 9.17) is 18.7 Å². The molecular weight excluding hydrogens is 353 g/mol. The van der Waals surface area contributed by atoms with Gasteiger partial charge in [0.1, 0.15) is 18.1 Å². The van der Waals surface area contributed by atoms with Gasteiger partial charge in [-0.2, -0.15) is 0 Å². The van der Waals surface area contributed by atoms with Gasteiger partial charge in [-0.15, -0.1) is 0 Å². The van der Waals surface area contributed by atoms with Crippen molar-refractivity contribution < 1.29 is 27.9 Å². The first-order chi connectivity index (χ1) is 13.1. The maximum absolute atomic E-state index is 13.0. The van der Waals surface area contributed by atoms with Gasteiger partial charge in [0.05, 0.1) is 20.6 Å². The quantitative estimate of drug-likeness (QED) is 0.589. The average Bonchev–Trinajstić information content (AvgIpc) is 3.16. The number of hydrogen-bond acceptors (Lipinski definition) is 6. The number of nitrogens with zero attached hydrogens (tertiary/aromatic N) is 1. The highest BCUT2D eigenvalue weighted by Crippen LogP contribution is 2.28. The molecular formula is C20H18FNO5. The van der Waals surface area contributed by atoms with Gasteiger partial charge in [-0.3, -0.25) is 4.79 Å². The van der Waals surface area contributed by atoms with Crippen LogP contribution in [0.3, 0.4) is 0 Å². The normalized spacial score (nSPS) is 10.5. The zero-order chi connectivity index (χ0) is 19.2. The Labute approximate surface area is 155 Å². The Morgan fingerprint density at radius 1 is 1.04 bits per heavy atom. The van der Waals surface area contributed by atoms with Gasteiger partial charge in [-0.25, -0.2) is 4.39 Å². The number of methoxy groups -OCH3 is 2. The number of ether oxygens (including phenoxy) is 3. The van der Waals surface area contributed by atoms with Gasteiger partial charge in [0.15, 0.2) is 17.3 Å². The van der Waals surface area contributed by atoms with E-state index in [1.54, 1.807) is 43.5 Å². The molecule has 1 aromatic heterocycles. The molecule has 0 fully saturated rings. The molecule has 0 atom stereocenters. The molecule has 140 valence electrons. The minimum Gasteiger partial charge on any atom is -0.493 e. The summed E-state index contributed by atoms with van der Waals surface area (Å²) in [5.74, 6) is 0.867. The summed E-state index contributed by atoms with van der Waals surface area (Å²) in [7, 11) is 3.08. The summed E-state index contributed by atoms with van der Waals surface area (Å²) < 4.78 is 33.8. The number of rotatable bonds is 7. The predicted molar refractivity (Wildman–Crippen MR) is 94.9 cm³/mol. The number of hydrogen-bond donors (Lipinski definition) is 0. The van der Waals surface area contributed by atoms with Crippen LogP contribution in [0.25, 0.3) is 11.3 Å². The van der Waals surface area contributed by atoms with E-state index in [-0.39, 0.29) is 18.8 Å². The highest BCUT2D eigenvalue weighted by molar-refractivity contribution is 5.73. The highest BCUT2D eigenvalue weighted by Gasteiger charge is 2.12. The predicted octanol–water partition coefficient (Wildman–Crippen LogP) is 3.78. The van der Waals surface area contributed by atoms with Gasteiger partial charge in [-0.1, -0.05) is 11.2 Å². The van der Waals surface area contributed by atoms with Crippen molar-refractivity contribution in [1.29, 1.82) is 0 Å². The van der Waals surface area contributed by atoms with Gasteiger partial charge < -0.3 is 18.7 Å². The van der Waals surface area contributed by atoms with Crippen LogP contribution in [0, 0.1) is 5.82 Å². The summed E-state index contributed by atoms with van der Waals surface area (Å²) in [6, 6.07) is 12.7. The molecule has 6 nitrogen and oxygen atoms in total. The Bertz CT molecular complexity index is 920. The second kappa shape index (κ2) is 8.35. The van der Waals surface area contributed by atoms with Crippen molar-refractivity contribution in [3.8, 4) is 22.8 Å². The third kappa shape index (κ3) is 4.63. The molecule has 0 bridgehead atoms. The summed E-state index contributed by atoms with van der Waals surface area (Å²) in [6.07, 6.45) is 0.0863. The minimum atomic E-state index is -0.409. The van der Waals surface area contributed by atoms with Crippen molar-refractivity contribution in [3.05, 3.63) is 65.6 Å². The van der Waals surface area contributed by atoms with E-state index in [1.807, 2.05) is 0 Å². The molecule has 0 N–H and O–H groups in total. The third-order valence-electron chi connectivity index (χ3n) is 3.87. The lowest BCUT2D eigenvalue weighted by molar-refractivity contribution is -0.144. The molecule has 0 radical (unpaired) electrons. The van der Waals surface area contributed by atoms with Crippen LogP contribution in [0.2, 0.25) is 0 Å². The molecule has 0 saturated heterocycles. The number of benzene rings is 2. The topological polar surface area (TPSA) is 70.8 Å². The van der Waals surface area contributed by atoms with Crippen molar-refractivity contribution in [2.45, 2.75) is 13.0 Å². The van der Waals surface area contributed by atoms with E-state index in [9.17, 15) is 9.18 Å². The van der Waals surface area contributed by atoms with Crippen LogP contribution in [0.15, 0.2) is 53.1 Å². The zero-order valence-corrected chi connectivity index (χ0v) is 14.9. The van der Waals surface area contributed by atoms with Gasteiger partial charge in [0, 0.05) is 11.6 Å². The van der Waals surface area contributed by atoms with Crippen molar-refractivity contribution >= 4 is 5.97 Å². The SMILES string of the molecule is COc1ccc(CC(=O)OCc2cc(-c3ccc(F)cc3)on2)cc1OC. The first kappa shape index (κ1) is 18.4. The van der Waals surface area contributed by atoms with E-state index in [1.165, 1.54) is 19.2 Å². The molecule has 27 heavy (non-hydrogen) atoms. The third-order valence-corrected chi connectivity index (χ3v) is 3.87. The first-order valence-electron chi connectivity index (χ1n) is 8.17. The molecule has 1 heterocycles. The summed E-state index contributed by atoms with van der Waals surface area (Å²) in [6.45, 7) is -0.0170. The summed E-state index contributed by atoms with van der Waals surface area (Å²) in [4.78, 5) is 12.1. The average molecular weight is 371 g/mol. The second-order valence-electron chi connectivity index (χ2n) is 5.72. The van der Waals surface area contributed by atoms with E-state index < -0.39 is 5.97 Å². The standard InChI is InChI=1S/C20H18FNO5/c1-24-17-8-3-13(9-19(17)25-2)10-20(23)26-12-16-11-18(27-22-16)14-4-6-15(21)7-5-14/h3-9,11H,10,12H2,1-2H3. The van der Waals surface area contributed by atoms with Gasteiger partial charge in [0.25, 0.3) is 0 Å². The Morgan fingerprint density at radius 2 is 1.78 bits per heavy atom. The van der Waals surface area contributed by atoms with E-state index in [2.05, 4.69) is 5.16 Å². The monoisotopic (exact) mass is 371 g/mol. The fourth-order valence-electron chi connectivity index (χ4n) is 2.49. The molecule has 0 spiro atoms. The van der Waals surface area contributed by atoms with Crippen LogP contribution in [-0.2, 0) is 22.6 Å². The van der Waals surface area contributed by atoms with Gasteiger partial charge in [-0.05, 0) is 42.0 Å². The molecule has 0 unspecified atom stereocenters. The van der Waals surface area contributed by atoms with Crippen LogP contribution >= 0.6 is 0 Å². The Morgan fingerprint density at radius 3 is 2.48 bits per heavy atom. The lowest BCUT2D eigenvalue weighted by Gasteiger charge is -2.09. The summed E-state index contributed by atoms with van der Waals surface area (Å²) >= 11 is 0. The largest absolute Gasteiger partial charge is 0.493 e. The van der Waals surface area contributed by atoms with Crippen LogP contribution in [-0.4, -0.2) is 25.3 Å². The lowest BCUT2D eigenvalue weighted by atomic mass is 10.1. The van der Waals surface area contributed by atoms with Crippen LogP contribution in [0.1, 0.15) is 11.3 Å². The molecule has 0 aliphatic heterocycles. The fourth-order valence-corrected chi connectivity index (χ4v) is 2.49. The maximum Gasteiger partial charge on any atom is 0.310 e. The maximum atomic E-state index is 13.0. The van der Waals surface area contributed by atoms with E-state index in [0.29, 0.717) is 28.5 Å². The Balaban J connectivity index is 1.57. The smallest absolute Gasteiger partial charge is 0.310 e. The Hall–Kier alpha value is -3.35. The molecule has 3 rings (SSSR count). The van der Waals surface area contributed by atoms with Crippen LogP contribution in [0.4, 0.5) is 4.39 Å². The molecule has 2 aromatic carbocycles. The summed E-state index contributed by atoms with van der Waals surface area (Å²) in [5.41, 5.74) is 1.89. The molecule has 0 aliphatic carbocycles. The number of esters is 1. The van der Waals surface area contributed by atoms with Gasteiger partial charge in [0.2, 0.25) is 0 Å². The van der Waals surface area contributed by atoms with E-state index in [0.717, 1.165) is 5.56 Å². The zero-order valence-electron chi connectivity index (χ0n) is 14.9.